The maximum absolute atomic E-state index is 13.6. The van der Waals surface area contributed by atoms with E-state index in [0.717, 1.165) is 30.4 Å². The molecule has 0 fully saturated rings. The van der Waals surface area contributed by atoms with Crippen LogP contribution in [0, 0.1) is 11.7 Å². The Balaban J connectivity index is 1.66. The van der Waals surface area contributed by atoms with E-state index in [-0.39, 0.29) is 30.2 Å². The number of hydrogen-bond acceptors (Lipinski definition) is 3. The highest BCUT2D eigenvalue weighted by atomic mass is 32.1. The Morgan fingerprint density at radius 1 is 1.06 bits per heavy atom. The van der Waals surface area contributed by atoms with Gasteiger partial charge in [0, 0.05) is 24.4 Å². The molecule has 1 aromatic heterocycles. The Bertz CT molecular complexity index is 940. The fourth-order valence-electron chi connectivity index (χ4n) is 4.93. The number of unbranched alkanes of at least 4 members (excludes halogenated alkanes) is 6. The molecule has 0 saturated carbocycles. The molecule has 1 aromatic carbocycles. The smallest absolute Gasteiger partial charge is 0.242 e. The molecule has 0 unspecified atom stereocenters. The molecule has 2 aromatic rings. The molecule has 0 bridgehead atoms. The van der Waals surface area contributed by atoms with E-state index in [4.69, 9.17) is 0 Å². The van der Waals surface area contributed by atoms with Crippen molar-refractivity contribution in [3.8, 4) is 0 Å². The molecule has 3 rings (SSSR count). The van der Waals surface area contributed by atoms with Gasteiger partial charge >= 0.3 is 0 Å². The van der Waals surface area contributed by atoms with E-state index in [1.165, 1.54) is 49.1 Å². The molecule has 2 amide bonds. The molecule has 1 aliphatic heterocycles. The molecule has 6 heteroatoms. The molecular formula is C29H41FN2O2S. The molecule has 0 aliphatic carbocycles. The van der Waals surface area contributed by atoms with Crippen molar-refractivity contribution in [3.05, 3.63) is 57.5 Å². The van der Waals surface area contributed by atoms with E-state index < -0.39 is 0 Å². The number of amides is 2. The van der Waals surface area contributed by atoms with Crippen LogP contribution in [-0.2, 0) is 16.0 Å². The number of carbonyl (C=O) groups is 2. The predicted molar refractivity (Wildman–Crippen MR) is 142 cm³/mol. The summed E-state index contributed by atoms with van der Waals surface area (Å²) in [6.45, 7) is 7.67. The van der Waals surface area contributed by atoms with Crippen LogP contribution in [0.3, 0.4) is 0 Å². The first kappa shape index (κ1) is 27.4. The first-order chi connectivity index (χ1) is 16.9. The molecule has 0 N–H and O–H groups in total. The molecule has 192 valence electrons. The summed E-state index contributed by atoms with van der Waals surface area (Å²) in [5, 5.41) is 2.06. The quantitative estimate of drug-likeness (QED) is 0.278. The van der Waals surface area contributed by atoms with Crippen molar-refractivity contribution in [3.63, 3.8) is 0 Å². The fourth-order valence-corrected chi connectivity index (χ4v) is 5.83. The third kappa shape index (κ3) is 7.89. The van der Waals surface area contributed by atoms with Crippen molar-refractivity contribution in [2.45, 2.75) is 84.6 Å². The van der Waals surface area contributed by atoms with Crippen LogP contribution in [-0.4, -0.2) is 41.2 Å². The normalized spacial score (nSPS) is 15.3. The fraction of sp³-hybridized carbons (Fsp3) is 0.586. The molecule has 1 aliphatic rings. The number of nitrogens with zero attached hydrogens (tertiary/aromatic N) is 2. The molecule has 2 heterocycles. The number of fused-ring (bicyclic) bond motifs is 1. The Kier molecular flexibility index (Phi) is 10.8. The second-order valence-corrected chi connectivity index (χ2v) is 11.1. The lowest BCUT2D eigenvalue weighted by Gasteiger charge is -2.38. The third-order valence-corrected chi connectivity index (χ3v) is 7.73. The van der Waals surface area contributed by atoms with Gasteiger partial charge in [-0.15, -0.1) is 11.3 Å². The molecule has 0 spiro atoms. The lowest BCUT2D eigenvalue weighted by Crippen LogP contribution is -2.47. The second kappa shape index (κ2) is 13.8. The van der Waals surface area contributed by atoms with Gasteiger partial charge in [-0.3, -0.25) is 9.59 Å². The van der Waals surface area contributed by atoms with Gasteiger partial charge in [0.1, 0.15) is 5.82 Å². The summed E-state index contributed by atoms with van der Waals surface area (Å²) in [6, 6.07) is 8.28. The van der Waals surface area contributed by atoms with Gasteiger partial charge in [-0.25, -0.2) is 4.39 Å². The number of benzene rings is 1. The monoisotopic (exact) mass is 500 g/mol. The van der Waals surface area contributed by atoms with Crippen molar-refractivity contribution in [2.24, 2.45) is 5.92 Å². The van der Waals surface area contributed by atoms with Gasteiger partial charge < -0.3 is 9.80 Å². The Morgan fingerprint density at radius 3 is 2.43 bits per heavy atom. The number of rotatable bonds is 13. The molecular weight excluding hydrogens is 459 g/mol. The summed E-state index contributed by atoms with van der Waals surface area (Å²) >= 11 is 1.71. The zero-order valence-corrected chi connectivity index (χ0v) is 22.4. The number of hydrogen-bond donors (Lipinski definition) is 0. The predicted octanol–water partition coefficient (Wildman–Crippen LogP) is 6.99. The molecule has 35 heavy (non-hydrogen) atoms. The van der Waals surface area contributed by atoms with Crippen LogP contribution in [0.15, 0.2) is 35.7 Å². The van der Waals surface area contributed by atoms with Crippen molar-refractivity contribution in [1.29, 1.82) is 0 Å². The zero-order valence-electron chi connectivity index (χ0n) is 21.6. The molecule has 0 radical (unpaired) electrons. The summed E-state index contributed by atoms with van der Waals surface area (Å²) < 4.78 is 13.6. The second-order valence-electron chi connectivity index (χ2n) is 10.1. The summed E-state index contributed by atoms with van der Waals surface area (Å²) in [5.74, 6) is 0.0440. The van der Waals surface area contributed by atoms with E-state index in [1.54, 1.807) is 28.4 Å². The van der Waals surface area contributed by atoms with Gasteiger partial charge in [0.05, 0.1) is 12.6 Å². The summed E-state index contributed by atoms with van der Waals surface area (Å²) in [4.78, 5) is 31.6. The van der Waals surface area contributed by atoms with Gasteiger partial charge in [0.2, 0.25) is 11.8 Å². The highest BCUT2D eigenvalue weighted by Gasteiger charge is 2.34. The van der Waals surface area contributed by atoms with Crippen molar-refractivity contribution >= 4 is 23.2 Å². The van der Waals surface area contributed by atoms with E-state index in [2.05, 4.69) is 32.2 Å². The maximum Gasteiger partial charge on any atom is 0.242 e. The zero-order chi connectivity index (χ0) is 25.2. The van der Waals surface area contributed by atoms with E-state index in [9.17, 15) is 14.0 Å². The van der Waals surface area contributed by atoms with Gasteiger partial charge in [0.15, 0.2) is 0 Å². The van der Waals surface area contributed by atoms with Crippen LogP contribution < -0.4 is 0 Å². The summed E-state index contributed by atoms with van der Waals surface area (Å²) in [7, 11) is 0. The van der Waals surface area contributed by atoms with Gasteiger partial charge in [0.25, 0.3) is 0 Å². The first-order valence-corrected chi connectivity index (χ1v) is 14.2. The molecule has 4 nitrogen and oxygen atoms in total. The van der Waals surface area contributed by atoms with Gasteiger partial charge in [-0.2, -0.15) is 0 Å². The third-order valence-electron chi connectivity index (χ3n) is 6.73. The minimum atomic E-state index is -0.285. The lowest BCUT2D eigenvalue weighted by atomic mass is 9.93. The average molecular weight is 501 g/mol. The van der Waals surface area contributed by atoms with Crippen LogP contribution in [0.5, 0.6) is 0 Å². The van der Waals surface area contributed by atoms with E-state index in [0.29, 0.717) is 25.4 Å². The number of carbonyl (C=O) groups excluding carboxylic acids is 2. The highest BCUT2D eigenvalue weighted by molar-refractivity contribution is 7.10. The number of halogens is 1. The van der Waals surface area contributed by atoms with E-state index in [1.807, 2.05) is 4.90 Å². The Morgan fingerprint density at radius 2 is 1.74 bits per heavy atom. The van der Waals surface area contributed by atoms with Crippen LogP contribution in [0.2, 0.25) is 0 Å². The minimum Gasteiger partial charge on any atom is -0.333 e. The average Bonchev–Trinajstić information content (AvgIpc) is 3.31. The summed E-state index contributed by atoms with van der Waals surface area (Å²) in [5.41, 5.74) is 2.02. The minimum absolute atomic E-state index is 0.0373. The van der Waals surface area contributed by atoms with Crippen LogP contribution >= 0.6 is 11.3 Å². The van der Waals surface area contributed by atoms with Crippen LogP contribution in [0.1, 0.15) is 94.2 Å². The van der Waals surface area contributed by atoms with Crippen LogP contribution in [0.4, 0.5) is 4.39 Å². The van der Waals surface area contributed by atoms with Crippen molar-refractivity contribution in [1.82, 2.24) is 9.80 Å². The SMILES string of the molecule is CCCCCCCCCC(=O)N(CC(=O)N1CCc2sccc2[C@H]1c1ccc(F)cc1)CC(C)C. The van der Waals surface area contributed by atoms with Gasteiger partial charge in [-0.1, -0.05) is 71.4 Å². The molecule has 1 atom stereocenters. The number of thiophene rings is 1. The molecule has 0 saturated heterocycles. The standard InChI is InChI=1S/C29H41FN2O2S/c1-4-5-6-7-8-9-10-11-27(33)31(20-22(2)3)21-28(34)32-18-16-26-25(17-19-35-26)29(32)23-12-14-24(30)15-13-23/h12-15,17,19,22,29H,4-11,16,18,20-21H2,1-3H3/t29-/m1/s1. The first-order valence-electron chi connectivity index (χ1n) is 13.3. The van der Waals surface area contributed by atoms with Crippen molar-refractivity contribution < 1.29 is 14.0 Å². The summed E-state index contributed by atoms with van der Waals surface area (Å²) in [6.07, 6.45) is 9.47. The van der Waals surface area contributed by atoms with E-state index >= 15 is 0 Å². The lowest BCUT2D eigenvalue weighted by molar-refractivity contribution is -0.142. The van der Waals surface area contributed by atoms with Crippen LogP contribution in [0.25, 0.3) is 0 Å². The topological polar surface area (TPSA) is 40.6 Å². The maximum atomic E-state index is 13.6. The largest absolute Gasteiger partial charge is 0.333 e. The Hall–Kier alpha value is -2.21. The van der Waals surface area contributed by atoms with Gasteiger partial charge in [-0.05, 0) is 53.5 Å². The Labute approximate surface area is 214 Å². The highest BCUT2D eigenvalue weighted by Crippen LogP contribution is 2.38. The van der Waals surface area contributed by atoms with Crippen molar-refractivity contribution in [2.75, 3.05) is 19.6 Å².